The number of guanidine groups is 1. The van der Waals surface area contributed by atoms with E-state index in [1.807, 2.05) is 12.1 Å². The number of nitrogens with one attached hydrogen (secondary N) is 1. The summed E-state index contributed by atoms with van der Waals surface area (Å²) in [6, 6.07) is 13.4. The summed E-state index contributed by atoms with van der Waals surface area (Å²) in [6.45, 7) is 0.394. The number of benzene rings is 2. The minimum Gasteiger partial charge on any atom is -0.370 e. The van der Waals surface area contributed by atoms with Crippen LogP contribution in [0.5, 0.6) is 0 Å². The third kappa shape index (κ3) is 3.69. The van der Waals surface area contributed by atoms with Gasteiger partial charge >= 0.3 is 0 Å². The molecule has 0 heterocycles. The van der Waals surface area contributed by atoms with Crippen molar-refractivity contribution < 1.29 is 4.79 Å². The molecule has 1 amide bonds. The molecule has 0 fully saturated rings. The van der Waals surface area contributed by atoms with Crippen molar-refractivity contribution in [1.82, 2.24) is 0 Å². The number of carbonyl (C=O) groups excluding carboxylic acids is 1. The van der Waals surface area contributed by atoms with Crippen LogP contribution in [0.2, 0.25) is 0 Å². The van der Waals surface area contributed by atoms with E-state index in [0.717, 1.165) is 24.1 Å². The molecule has 0 atom stereocenters. The summed E-state index contributed by atoms with van der Waals surface area (Å²) in [6.07, 6.45) is 3.51. The number of aryl methyl sites for hydroxylation is 2. The molecule has 0 aromatic heterocycles. The van der Waals surface area contributed by atoms with Gasteiger partial charge in [-0.3, -0.25) is 4.79 Å². The summed E-state index contributed by atoms with van der Waals surface area (Å²) in [4.78, 5) is 15.5. The van der Waals surface area contributed by atoms with Gasteiger partial charge in [0, 0.05) is 11.3 Å². The quantitative estimate of drug-likeness (QED) is 0.597. The maximum Gasteiger partial charge on any atom is 0.248 e. The zero-order chi connectivity index (χ0) is 16.2. The van der Waals surface area contributed by atoms with Gasteiger partial charge in [0.25, 0.3) is 0 Å². The molecule has 0 radical (unpaired) electrons. The Labute approximate surface area is 135 Å². The molecule has 118 valence electrons. The fourth-order valence-electron chi connectivity index (χ4n) is 2.84. The SMILES string of the molecule is NC(=O)c1cccc(CN=C(N)Nc2ccc3c(c2)CCC3)c1. The number of hydrogen-bond donors (Lipinski definition) is 3. The summed E-state index contributed by atoms with van der Waals surface area (Å²) in [5.74, 6) is -0.0903. The number of nitrogens with zero attached hydrogens (tertiary/aromatic N) is 1. The Morgan fingerprint density at radius 1 is 1.09 bits per heavy atom. The van der Waals surface area contributed by atoms with E-state index in [0.29, 0.717) is 18.1 Å². The lowest BCUT2D eigenvalue weighted by Crippen LogP contribution is -2.22. The summed E-state index contributed by atoms with van der Waals surface area (Å²) in [7, 11) is 0. The van der Waals surface area contributed by atoms with Crippen molar-refractivity contribution in [1.29, 1.82) is 0 Å². The normalized spacial score (nSPS) is 13.7. The Bertz CT molecular complexity index is 767. The summed E-state index contributed by atoms with van der Waals surface area (Å²) in [5.41, 5.74) is 16.3. The number of nitrogens with two attached hydrogens (primary N) is 2. The third-order valence-electron chi connectivity index (χ3n) is 4.01. The molecule has 3 rings (SSSR count). The van der Waals surface area contributed by atoms with Crippen LogP contribution in [0.25, 0.3) is 0 Å². The van der Waals surface area contributed by atoms with E-state index in [-0.39, 0.29) is 0 Å². The number of carbonyl (C=O) groups is 1. The first-order chi connectivity index (χ1) is 11.1. The summed E-state index contributed by atoms with van der Waals surface area (Å²) >= 11 is 0. The van der Waals surface area contributed by atoms with Crippen LogP contribution in [-0.4, -0.2) is 11.9 Å². The molecule has 1 aliphatic rings. The molecule has 5 heteroatoms. The molecule has 1 aliphatic carbocycles. The van der Waals surface area contributed by atoms with Crippen molar-refractivity contribution >= 4 is 17.6 Å². The van der Waals surface area contributed by atoms with Gasteiger partial charge in [0.05, 0.1) is 6.54 Å². The Hall–Kier alpha value is -2.82. The zero-order valence-corrected chi connectivity index (χ0v) is 12.9. The topological polar surface area (TPSA) is 93.5 Å². The molecule has 0 bridgehead atoms. The van der Waals surface area contributed by atoms with Gasteiger partial charge in [0.1, 0.15) is 0 Å². The highest BCUT2D eigenvalue weighted by molar-refractivity contribution is 5.93. The first-order valence-electron chi connectivity index (χ1n) is 7.69. The predicted molar refractivity (Wildman–Crippen MR) is 92.4 cm³/mol. The maximum atomic E-state index is 11.2. The third-order valence-corrected chi connectivity index (χ3v) is 4.01. The van der Waals surface area contributed by atoms with Gasteiger partial charge in [-0.25, -0.2) is 4.99 Å². The summed E-state index contributed by atoms with van der Waals surface area (Å²) in [5, 5.41) is 3.12. The van der Waals surface area contributed by atoms with Crippen LogP contribution in [0.1, 0.15) is 33.5 Å². The van der Waals surface area contributed by atoms with Gasteiger partial charge in [-0.1, -0.05) is 18.2 Å². The maximum absolute atomic E-state index is 11.2. The number of rotatable bonds is 4. The minimum atomic E-state index is -0.444. The lowest BCUT2D eigenvalue weighted by atomic mass is 10.1. The van der Waals surface area contributed by atoms with Crippen LogP contribution in [0.4, 0.5) is 5.69 Å². The van der Waals surface area contributed by atoms with Crippen LogP contribution >= 0.6 is 0 Å². The van der Waals surface area contributed by atoms with E-state index in [9.17, 15) is 4.79 Å². The molecule has 5 N–H and O–H groups in total. The van der Waals surface area contributed by atoms with Gasteiger partial charge in [0.15, 0.2) is 5.96 Å². The lowest BCUT2D eigenvalue weighted by molar-refractivity contribution is 0.1000. The molecular formula is C18H20N4O. The monoisotopic (exact) mass is 308 g/mol. The Balaban J connectivity index is 1.66. The molecule has 2 aromatic rings. The number of amides is 1. The fraction of sp³-hybridized carbons (Fsp3) is 0.222. The van der Waals surface area contributed by atoms with E-state index in [4.69, 9.17) is 11.5 Å². The Morgan fingerprint density at radius 2 is 1.91 bits per heavy atom. The van der Waals surface area contributed by atoms with Gasteiger partial charge in [-0.05, 0) is 60.2 Å². The first kappa shape index (κ1) is 15.1. The molecule has 0 saturated carbocycles. The number of primary amides is 1. The standard InChI is InChI=1S/C18H20N4O/c19-17(23)15-6-1-3-12(9-15)11-21-18(20)22-16-8-7-13-4-2-5-14(13)10-16/h1,3,6-10H,2,4-5,11H2,(H2,19,23)(H3,20,21,22). The van der Waals surface area contributed by atoms with E-state index in [1.165, 1.54) is 17.5 Å². The van der Waals surface area contributed by atoms with Crippen molar-refractivity contribution in [3.63, 3.8) is 0 Å². The molecular weight excluding hydrogens is 288 g/mol. The largest absolute Gasteiger partial charge is 0.370 e. The highest BCUT2D eigenvalue weighted by Crippen LogP contribution is 2.24. The van der Waals surface area contributed by atoms with Crippen LogP contribution in [0, 0.1) is 0 Å². The second-order valence-corrected chi connectivity index (χ2v) is 5.73. The zero-order valence-electron chi connectivity index (χ0n) is 12.9. The Morgan fingerprint density at radius 3 is 2.74 bits per heavy atom. The van der Waals surface area contributed by atoms with Gasteiger partial charge in [-0.2, -0.15) is 0 Å². The van der Waals surface area contributed by atoms with E-state index in [1.54, 1.807) is 18.2 Å². The van der Waals surface area contributed by atoms with Crippen LogP contribution in [0.15, 0.2) is 47.5 Å². The fourth-order valence-corrected chi connectivity index (χ4v) is 2.84. The van der Waals surface area contributed by atoms with Crippen LogP contribution in [-0.2, 0) is 19.4 Å². The highest BCUT2D eigenvalue weighted by Gasteiger charge is 2.10. The molecule has 0 spiro atoms. The van der Waals surface area contributed by atoms with Gasteiger partial charge in [0.2, 0.25) is 5.91 Å². The average molecular weight is 308 g/mol. The number of fused-ring (bicyclic) bond motifs is 1. The Kier molecular flexibility index (Phi) is 4.28. The molecule has 0 aliphatic heterocycles. The number of anilines is 1. The molecule has 23 heavy (non-hydrogen) atoms. The predicted octanol–water partition coefficient (Wildman–Crippen LogP) is 2.20. The van der Waals surface area contributed by atoms with Crippen LogP contribution in [0.3, 0.4) is 0 Å². The second-order valence-electron chi connectivity index (χ2n) is 5.73. The van der Waals surface area contributed by atoms with E-state index >= 15 is 0 Å². The second kappa shape index (κ2) is 6.52. The lowest BCUT2D eigenvalue weighted by Gasteiger charge is -2.08. The first-order valence-corrected chi connectivity index (χ1v) is 7.69. The molecule has 5 nitrogen and oxygen atoms in total. The van der Waals surface area contributed by atoms with E-state index in [2.05, 4.69) is 22.4 Å². The summed E-state index contributed by atoms with van der Waals surface area (Å²) < 4.78 is 0. The van der Waals surface area contributed by atoms with Crippen molar-refractivity contribution in [2.45, 2.75) is 25.8 Å². The van der Waals surface area contributed by atoms with E-state index < -0.39 is 5.91 Å². The smallest absolute Gasteiger partial charge is 0.248 e. The number of aliphatic imine (C=N–C) groups is 1. The molecule has 0 unspecified atom stereocenters. The van der Waals surface area contributed by atoms with Crippen molar-refractivity contribution in [3.05, 3.63) is 64.7 Å². The van der Waals surface area contributed by atoms with Gasteiger partial charge in [-0.15, -0.1) is 0 Å². The number of hydrogen-bond acceptors (Lipinski definition) is 2. The minimum absolute atomic E-state index is 0.354. The van der Waals surface area contributed by atoms with Crippen molar-refractivity contribution in [2.75, 3.05) is 5.32 Å². The van der Waals surface area contributed by atoms with Gasteiger partial charge < -0.3 is 16.8 Å². The van der Waals surface area contributed by atoms with Crippen molar-refractivity contribution in [3.8, 4) is 0 Å². The highest BCUT2D eigenvalue weighted by atomic mass is 16.1. The van der Waals surface area contributed by atoms with Crippen molar-refractivity contribution in [2.24, 2.45) is 16.5 Å². The van der Waals surface area contributed by atoms with Crippen LogP contribution < -0.4 is 16.8 Å². The molecule has 2 aromatic carbocycles. The average Bonchev–Trinajstić information content (AvgIpc) is 3.01. The molecule has 0 saturated heterocycles.